The Morgan fingerprint density at radius 2 is 2.26 bits per heavy atom. The standard InChI is InChI=1S/C10H16N8O/c1-3-4-17-6-11-14-10(17)8(2)13-9(19)5-18-7-12-15-16-18/h6-8H,3-5H2,1-2H3,(H,13,19)/t8-/m0/s1. The Morgan fingerprint density at radius 1 is 1.42 bits per heavy atom. The van der Waals surface area contributed by atoms with Crippen LogP contribution in [-0.4, -0.2) is 40.9 Å². The third-order valence-electron chi connectivity index (χ3n) is 2.57. The van der Waals surface area contributed by atoms with E-state index in [2.05, 4.69) is 38.0 Å². The molecule has 102 valence electrons. The summed E-state index contributed by atoms with van der Waals surface area (Å²) >= 11 is 0. The highest BCUT2D eigenvalue weighted by atomic mass is 16.2. The number of aromatic nitrogens is 7. The first-order chi connectivity index (χ1) is 9.20. The molecule has 9 nitrogen and oxygen atoms in total. The van der Waals surface area contributed by atoms with Crippen molar-refractivity contribution in [1.82, 2.24) is 40.3 Å². The lowest BCUT2D eigenvalue weighted by Gasteiger charge is -2.14. The molecule has 2 aromatic rings. The second-order valence-corrected chi connectivity index (χ2v) is 4.18. The van der Waals surface area contributed by atoms with Gasteiger partial charge in [-0.05, 0) is 23.8 Å². The molecular formula is C10H16N8O. The highest BCUT2D eigenvalue weighted by Gasteiger charge is 2.15. The molecule has 2 heterocycles. The zero-order valence-corrected chi connectivity index (χ0v) is 10.9. The molecule has 0 bridgehead atoms. The van der Waals surface area contributed by atoms with E-state index in [0.29, 0.717) is 0 Å². The van der Waals surface area contributed by atoms with Gasteiger partial charge in [0.05, 0.1) is 6.04 Å². The SMILES string of the molecule is CCCn1cnnc1[C@H](C)NC(=O)Cn1cnnn1. The topological polar surface area (TPSA) is 103 Å². The van der Waals surface area contributed by atoms with Gasteiger partial charge in [-0.3, -0.25) is 4.79 Å². The van der Waals surface area contributed by atoms with Gasteiger partial charge in [-0.2, -0.15) is 0 Å². The average Bonchev–Trinajstić information content (AvgIpc) is 3.00. The zero-order valence-electron chi connectivity index (χ0n) is 10.9. The van der Waals surface area contributed by atoms with Crippen molar-refractivity contribution in [1.29, 1.82) is 0 Å². The van der Waals surface area contributed by atoms with Gasteiger partial charge in [-0.25, -0.2) is 4.68 Å². The molecule has 0 spiro atoms. The Labute approximate surface area is 110 Å². The van der Waals surface area contributed by atoms with Gasteiger partial charge >= 0.3 is 0 Å². The van der Waals surface area contributed by atoms with Crippen molar-refractivity contribution in [2.45, 2.75) is 39.4 Å². The summed E-state index contributed by atoms with van der Waals surface area (Å²) in [5.41, 5.74) is 0. The van der Waals surface area contributed by atoms with Crippen LogP contribution in [0.5, 0.6) is 0 Å². The van der Waals surface area contributed by atoms with E-state index in [1.165, 1.54) is 11.0 Å². The van der Waals surface area contributed by atoms with Crippen LogP contribution < -0.4 is 5.32 Å². The first kappa shape index (κ1) is 13.1. The quantitative estimate of drug-likeness (QED) is 0.758. The van der Waals surface area contributed by atoms with Crippen LogP contribution in [-0.2, 0) is 17.9 Å². The molecule has 2 aromatic heterocycles. The van der Waals surface area contributed by atoms with Crippen LogP contribution in [0.3, 0.4) is 0 Å². The fourth-order valence-corrected chi connectivity index (χ4v) is 1.76. The van der Waals surface area contributed by atoms with Crippen molar-refractivity contribution < 1.29 is 4.79 Å². The van der Waals surface area contributed by atoms with E-state index in [-0.39, 0.29) is 18.5 Å². The fraction of sp³-hybridized carbons (Fsp3) is 0.600. The summed E-state index contributed by atoms with van der Waals surface area (Å²) in [5, 5.41) is 21.3. The van der Waals surface area contributed by atoms with Crippen LogP contribution in [0.4, 0.5) is 0 Å². The summed E-state index contributed by atoms with van der Waals surface area (Å²) in [6.45, 7) is 4.85. The molecule has 19 heavy (non-hydrogen) atoms. The van der Waals surface area contributed by atoms with Crippen LogP contribution in [0.25, 0.3) is 0 Å². The summed E-state index contributed by atoms with van der Waals surface area (Å²) < 4.78 is 3.29. The second-order valence-electron chi connectivity index (χ2n) is 4.18. The summed E-state index contributed by atoms with van der Waals surface area (Å²) in [7, 11) is 0. The van der Waals surface area contributed by atoms with Crippen LogP contribution in [0.2, 0.25) is 0 Å². The summed E-state index contributed by atoms with van der Waals surface area (Å²) in [6.07, 6.45) is 4.04. The van der Waals surface area contributed by atoms with Gasteiger partial charge in [0.25, 0.3) is 0 Å². The number of tetrazole rings is 1. The molecular weight excluding hydrogens is 248 g/mol. The van der Waals surface area contributed by atoms with E-state index < -0.39 is 0 Å². The minimum atomic E-state index is -0.210. The molecule has 0 aromatic carbocycles. The highest BCUT2D eigenvalue weighted by molar-refractivity contribution is 5.75. The number of nitrogens with zero attached hydrogens (tertiary/aromatic N) is 7. The summed E-state index contributed by atoms with van der Waals surface area (Å²) in [6, 6.07) is -0.210. The molecule has 2 rings (SSSR count). The molecule has 0 fully saturated rings. The first-order valence-corrected chi connectivity index (χ1v) is 6.08. The molecule has 0 saturated carbocycles. The summed E-state index contributed by atoms with van der Waals surface area (Å²) in [4.78, 5) is 11.8. The van der Waals surface area contributed by atoms with Crippen molar-refractivity contribution in [2.75, 3.05) is 0 Å². The number of carbonyl (C=O) groups is 1. The van der Waals surface area contributed by atoms with Gasteiger partial charge in [0.1, 0.15) is 19.2 Å². The molecule has 0 radical (unpaired) electrons. The lowest BCUT2D eigenvalue weighted by atomic mass is 10.3. The minimum absolute atomic E-state index is 0.0826. The Bertz CT molecular complexity index is 519. The van der Waals surface area contributed by atoms with Crippen LogP contribution in [0, 0.1) is 0 Å². The maximum Gasteiger partial charge on any atom is 0.242 e. The first-order valence-electron chi connectivity index (χ1n) is 6.08. The molecule has 9 heteroatoms. The number of aryl methyl sites for hydroxylation is 1. The van der Waals surface area contributed by atoms with Crippen molar-refractivity contribution in [3.05, 3.63) is 18.5 Å². The molecule has 0 saturated heterocycles. The van der Waals surface area contributed by atoms with Crippen LogP contribution in [0.15, 0.2) is 12.7 Å². The van der Waals surface area contributed by atoms with Crippen LogP contribution >= 0.6 is 0 Å². The average molecular weight is 264 g/mol. The fourth-order valence-electron chi connectivity index (χ4n) is 1.76. The predicted octanol–water partition coefficient (Wildman–Crippen LogP) is -0.448. The Balaban J connectivity index is 1.94. The van der Waals surface area contributed by atoms with Gasteiger partial charge in [0.15, 0.2) is 5.82 Å². The van der Waals surface area contributed by atoms with E-state index in [9.17, 15) is 4.79 Å². The van der Waals surface area contributed by atoms with E-state index in [0.717, 1.165) is 18.8 Å². The van der Waals surface area contributed by atoms with E-state index >= 15 is 0 Å². The van der Waals surface area contributed by atoms with E-state index in [1.54, 1.807) is 6.33 Å². The van der Waals surface area contributed by atoms with Crippen molar-refractivity contribution in [3.8, 4) is 0 Å². The van der Waals surface area contributed by atoms with Crippen molar-refractivity contribution in [2.24, 2.45) is 0 Å². The third kappa shape index (κ3) is 3.33. The molecule has 0 aliphatic rings. The zero-order chi connectivity index (χ0) is 13.7. The molecule has 0 aliphatic heterocycles. The van der Waals surface area contributed by atoms with E-state index in [4.69, 9.17) is 0 Å². The van der Waals surface area contributed by atoms with Gasteiger partial charge in [0.2, 0.25) is 5.91 Å². The molecule has 1 atom stereocenters. The minimum Gasteiger partial charge on any atom is -0.345 e. The van der Waals surface area contributed by atoms with Crippen molar-refractivity contribution in [3.63, 3.8) is 0 Å². The third-order valence-corrected chi connectivity index (χ3v) is 2.57. The smallest absolute Gasteiger partial charge is 0.242 e. The van der Waals surface area contributed by atoms with Gasteiger partial charge < -0.3 is 9.88 Å². The summed E-state index contributed by atoms with van der Waals surface area (Å²) in [5.74, 6) is 0.567. The van der Waals surface area contributed by atoms with Crippen LogP contribution in [0.1, 0.15) is 32.1 Å². The molecule has 0 aliphatic carbocycles. The lowest BCUT2D eigenvalue weighted by Crippen LogP contribution is -2.31. The Morgan fingerprint density at radius 3 is 2.95 bits per heavy atom. The number of carbonyl (C=O) groups excluding carboxylic acids is 1. The number of amides is 1. The van der Waals surface area contributed by atoms with Gasteiger partial charge in [0, 0.05) is 6.54 Å². The molecule has 1 N–H and O–H groups in total. The van der Waals surface area contributed by atoms with Gasteiger partial charge in [-0.1, -0.05) is 6.92 Å². The van der Waals surface area contributed by atoms with Gasteiger partial charge in [-0.15, -0.1) is 15.3 Å². The monoisotopic (exact) mass is 264 g/mol. The highest BCUT2D eigenvalue weighted by Crippen LogP contribution is 2.09. The molecule has 0 unspecified atom stereocenters. The number of hydrogen-bond acceptors (Lipinski definition) is 6. The number of rotatable bonds is 6. The van der Waals surface area contributed by atoms with Crippen molar-refractivity contribution >= 4 is 5.91 Å². The lowest BCUT2D eigenvalue weighted by molar-refractivity contribution is -0.122. The largest absolute Gasteiger partial charge is 0.345 e. The normalized spacial score (nSPS) is 12.3. The second kappa shape index (κ2) is 6.03. The Hall–Kier alpha value is -2.32. The Kier molecular flexibility index (Phi) is 4.16. The maximum atomic E-state index is 11.8. The maximum absolute atomic E-state index is 11.8. The number of nitrogens with one attached hydrogen (secondary N) is 1. The predicted molar refractivity (Wildman–Crippen MR) is 64.7 cm³/mol. The molecule has 1 amide bonds. The number of hydrogen-bond donors (Lipinski definition) is 1. The van der Waals surface area contributed by atoms with E-state index in [1.807, 2.05) is 11.5 Å².